The number of carbonyl (C=O) groups excluding carboxylic acids is 2. The third-order valence-electron chi connectivity index (χ3n) is 5.83. The van der Waals surface area contributed by atoms with Crippen LogP contribution in [0.15, 0.2) is 77.7 Å². The van der Waals surface area contributed by atoms with Gasteiger partial charge in [0, 0.05) is 12.0 Å². The van der Waals surface area contributed by atoms with Crippen LogP contribution in [0, 0.1) is 24.0 Å². The highest BCUT2D eigenvalue weighted by Crippen LogP contribution is 2.44. The molecule has 0 saturated carbocycles. The van der Waals surface area contributed by atoms with E-state index in [1.807, 2.05) is 18.2 Å². The molecule has 9 nitrogen and oxygen atoms in total. The largest absolute Gasteiger partial charge is 0.733 e. The van der Waals surface area contributed by atoms with Crippen molar-refractivity contribution in [2.24, 2.45) is 0 Å². The molecule has 1 aliphatic heterocycles. The molecule has 1 atom stereocenters. The summed E-state index contributed by atoms with van der Waals surface area (Å²) < 4.78 is 31.0. The first-order chi connectivity index (χ1) is 18.1. The number of hydrogen-bond acceptors (Lipinski definition) is 9. The summed E-state index contributed by atoms with van der Waals surface area (Å²) >= 11 is 0.466. The molecule has 0 spiro atoms. The Kier molecular flexibility index (Phi) is 8.08. The van der Waals surface area contributed by atoms with Gasteiger partial charge in [-0.15, -0.1) is 0 Å². The second-order valence-electron chi connectivity index (χ2n) is 8.41. The summed E-state index contributed by atoms with van der Waals surface area (Å²) in [5.41, 5.74) is 1.40. The van der Waals surface area contributed by atoms with Gasteiger partial charge in [-0.1, -0.05) is 30.0 Å². The van der Waals surface area contributed by atoms with Crippen molar-refractivity contribution in [3.8, 4) is 23.3 Å². The van der Waals surface area contributed by atoms with Gasteiger partial charge in [-0.25, -0.2) is 8.42 Å². The fourth-order valence-corrected chi connectivity index (χ4v) is 7.23. The molecule has 3 aromatic carbocycles. The van der Waals surface area contributed by atoms with E-state index in [2.05, 4.69) is 17.2 Å². The molecular weight excluding hydrogens is 528 g/mol. The maximum Gasteiger partial charge on any atom is 0.287 e. The van der Waals surface area contributed by atoms with Crippen molar-refractivity contribution < 1.29 is 28.0 Å². The lowest BCUT2D eigenvalue weighted by Crippen LogP contribution is -2.43. The predicted octanol–water partition coefficient (Wildman–Crippen LogP) is 5.16. The molecule has 0 radical (unpaired) electrons. The van der Waals surface area contributed by atoms with Gasteiger partial charge in [0.1, 0.15) is 11.5 Å². The SMILES string of the molecule is Cc1cc(N([O-])O)ccc1C#CCCCC1(S(=O)(=O)c2ccc(Oc3ccccc3)cc2)SC(=O)NC1=O. The Hall–Kier alpha value is -3.82. The molecule has 2 N–H and O–H groups in total. The highest BCUT2D eigenvalue weighted by Gasteiger charge is 2.57. The normalized spacial score (nSPS) is 16.9. The molecule has 1 fully saturated rings. The van der Waals surface area contributed by atoms with E-state index < -0.39 is 25.1 Å². The van der Waals surface area contributed by atoms with E-state index in [9.17, 15) is 23.2 Å². The lowest BCUT2D eigenvalue weighted by Gasteiger charge is -2.24. The summed E-state index contributed by atoms with van der Waals surface area (Å²) in [7, 11) is -4.26. The number of anilines is 1. The Labute approximate surface area is 224 Å². The van der Waals surface area contributed by atoms with E-state index in [0.29, 0.717) is 34.4 Å². The number of unbranched alkanes of at least 4 members (excludes halogenated alkanes) is 1. The number of aryl methyl sites for hydroxylation is 1. The van der Waals surface area contributed by atoms with E-state index in [1.165, 1.54) is 36.4 Å². The second kappa shape index (κ2) is 11.3. The molecule has 3 aromatic rings. The molecule has 11 heteroatoms. The van der Waals surface area contributed by atoms with Gasteiger partial charge in [-0.05, 0) is 91.7 Å². The lowest BCUT2D eigenvalue weighted by molar-refractivity contribution is -0.120. The number of para-hydroxylation sites is 1. The van der Waals surface area contributed by atoms with Crippen LogP contribution in [0.3, 0.4) is 0 Å². The van der Waals surface area contributed by atoms with Gasteiger partial charge in [-0.3, -0.25) is 20.1 Å². The minimum Gasteiger partial charge on any atom is -0.733 e. The maximum atomic E-state index is 13.6. The first kappa shape index (κ1) is 27.2. The van der Waals surface area contributed by atoms with Crippen LogP contribution >= 0.6 is 11.8 Å². The Morgan fingerprint density at radius 3 is 2.34 bits per heavy atom. The number of carbonyl (C=O) groups is 2. The molecule has 196 valence electrons. The Balaban J connectivity index is 1.50. The predicted molar refractivity (Wildman–Crippen MR) is 144 cm³/mol. The topological polar surface area (TPSA) is 136 Å². The number of nitrogens with zero attached hydrogens (tertiary/aromatic N) is 1. The van der Waals surface area contributed by atoms with E-state index in [0.717, 1.165) is 0 Å². The molecule has 0 bridgehead atoms. The van der Waals surface area contributed by atoms with E-state index in [-0.39, 0.29) is 35.1 Å². The third-order valence-corrected chi connectivity index (χ3v) is 9.89. The maximum absolute atomic E-state index is 13.6. The Morgan fingerprint density at radius 2 is 1.74 bits per heavy atom. The first-order valence-electron chi connectivity index (χ1n) is 11.5. The molecule has 0 aromatic heterocycles. The molecular formula is C27H23N2O7S2-. The zero-order valence-corrected chi connectivity index (χ0v) is 21.8. The van der Waals surface area contributed by atoms with Gasteiger partial charge in [0.05, 0.1) is 10.6 Å². The van der Waals surface area contributed by atoms with Gasteiger partial charge in [0.15, 0.2) is 0 Å². The minimum absolute atomic E-state index is 0.0776. The van der Waals surface area contributed by atoms with Crippen LogP contribution in [0.25, 0.3) is 0 Å². The second-order valence-corrected chi connectivity index (χ2v) is 12.1. The number of nitrogens with one attached hydrogen (secondary N) is 1. The number of ether oxygens (including phenoxy) is 1. The molecule has 2 amide bonds. The van der Waals surface area contributed by atoms with E-state index in [1.54, 1.807) is 25.1 Å². The van der Waals surface area contributed by atoms with Crippen LogP contribution in [-0.4, -0.2) is 28.9 Å². The number of sulfone groups is 1. The molecule has 1 unspecified atom stereocenters. The summed E-state index contributed by atoms with van der Waals surface area (Å²) in [5.74, 6) is 6.02. The number of benzene rings is 3. The zero-order valence-electron chi connectivity index (χ0n) is 20.2. The number of hydrogen-bond donors (Lipinski definition) is 2. The zero-order chi connectivity index (χ0) is 27.3. The van der Waals surface area contributed by atoms with Crippen LogP contribution in [0.2, 0.25) is 0 Å². The minimum atomic E-state index is -4.26. The molecule has 1 saturated heterocycles. The van der Waals surface area contributed by atoms with Gasteiger partial charge in [0.25, 0.3) is 11.1 Å². The Morgan fingerprint density at radius 1 is 1.05 bits per heavy atom. The monoisotopic (exact) mass is 551 g/mol. The summed E-state index contributed by atoms with van der Waals surface area (Å²) in [6.07, 6.45) is 0.372. The lowest BCUT2D eigenvalue weighted by atomic mass is 10.1. The third kappa shape index (κ3) is 5.69. The van der Waals surface area contributed by atoms with Crippen LogP contribution in [0.1, 0.15) is 30.4 Å². The van der Waals surface area contributed by atoms with E-state index in [4.69, 9.17) is 9.94 Å². The fraction of sp³-hybridized carbons (Fsp3) is 0.185. The quantitative estimate of drug-likeness (QED) is 0.221. The first-order valence-corrected chi connectivity index (χ1v) is 13.8. The highest BCUT2D eigenvalue weighted by atomic mass is 32.3. The standard InChI is InChI=1S/C27H23N2O7S2/c1-19-18-21(29(32)33)12-11-20(19)8-4-3-7-17-27(25(30)28-26(31)37-27)38(34,35)24-15-13-23(14-16-24)36-22-9-5-2-6-10-22/h2,5-6,9-16,18,32H,3,7,17H2,1H3,(H,28,30,31)/q-1. The molecule has 4 rings (SSSR count). The fourth-order valence-electron chi connectivity index (χ4n) is 3.86. The average molecular weight is 552 g/mol. The van der Waals surface area contributed by atoms with Crippen LogP contribution in [-0.2, 0) is 14.6 Å². The average Bonchev–Trinajstić information content (AvgIpc) is 3.19. The van der Waals surface area contributed by atoms with Crippen LogP contribution in [0.5, 0.6) is 11.5 Å². The van der Waals surface area contributed by atoms with Crippen LogP contribution < -0.4 is 15.3 Å². The summed E-state index contributed by atoms with van der Waals surface area (Å²) in [6.45, 7) is 1.74. The van der Waals surface area contributed by atoms with Crippen LogP contribution in [0.4, 0.5) is 10.5 Å². The van der Waals surface area contributed by atoms with Gasteiger partial charge >= 0.3 is 0 Å². The van der Waals surface area contributed by atoms with Crippen molar-refractivity contribution in [3.63, 3.8) is 0 Å². The number of amides is 2. The van der Waals surface area contributed by atoms with Crippen molar-refractivity contribution in [2.75, 3.05) is 5.23 Å². The summed E-state index contributed by atoms with van der Waals surface area (Å²) in [6, 6.07) is 19.2. The highest BCUT2D eigenvalue weighted by molar-refractivity contribution is 8.25. The molecule has 1 heterocycles. The smallest absolute Gasteiger partial charge is 0.287 e. The molecule has 38 heavy (non-hydrogen) atoms. The van der Waals surface area contributed by atoms with Crippen molar-refractivity contribution in [1.82, 2.24) is 5.32 Å². The number of thioether (sulfide) groups is 1. The van der Waals surface area contributed by atoms with E-state index >= 15 is 0 Å². The van der Waals surface area contributed by atoms with Gasteiger partial charge in [-0.2, -0.15) is 0 Å². The number of imide groups is 1. The molecule has 1 aliphatic rings. The van der Waals surface area contributed by atoms with Crippen molar-refractivity contribution in [3.05, 3.63) is 89.1 Å². The molecule has 0 aliphatic carbocycles. The van der Waals surface area contributed by atoms with Gasteiger partial charge in [0.2, 0.25) is 13.9 Å². The summed E-state index contributed by atoms with van der Waals surface area (Å²) in [5, 5.41) is 21.2. The van der Waals surface area contributed by atoms with Crippen molar-refractivity contribution >= 4 is 38.4 Å². The van der Waals surface area contributed by atoms with Crippen molar-refractivity contribution in [2.45, 2.75) is 35.2 Å². The Bertz CT molecular complexity index is 1510. The summed E-state index contributed by atoms with van der Waals surface area (Å²) in [4.78, 5) is 24.8. The van der Waals surface area contributed by atoms with Gasteiger partial charge < -0.3 is 15.2 Å². The van der Waals surface area contributed by atoms with Crippen molar-refractivity contribution in [1.29, 1.82) is 0 Å². The number of rotatable bonds is 8.